The van der Waals surface area contributed by atoms with Crippen LogP contribution in [0.3, 0.4) is 0 Å². The molecule has 2 atom stereocenters. The van der Waals surface area contributed by atoms with E-state index < -0.39 is 6.10 Å². The SMILES string of the molecule is Cc1cccc([C@H](N)[C@H](O)C(C)(C)C)c1.Cl. The molecule has 16 heavy (non-hydrogen) atoms. The number of benzene rings is 1. The van der Waals surface area contributed by atoms with Crippen molar-refractivity contribution in [3.8, 4) is 0 Å². The van der Waals surface area contributed by atoms with E-state index in [9.17, 15) is 5.11 Å². The number of halogens is 1. The maximum atomic E-state index is 10.1. The molecule has 0 radical (unpaired) electrons. The lowest BCUT2D eigenvalue weighted by Gasteiger charge is -2.31. The van der Waals surface area contributed by atoms with Gasteiger partial charge < -0.3 is 10.8 Å². The van der Waals surface area contributed by atoms with Crippen LogP contribution in [-0.2, 0) is 0 Å². The summed E-state index contributed by atoms with van der Waals surface area (Å²) in [5.41, 5.74) is 8.02. The molecule has 0 saturated carbocycles. The van der Waals surface area contributed by atoms with E-state index in [1.165, 1.54) is 5.56 Å². The van der Waals surface area contributed by atoms with Crippen molar-refractivity contribution >= 4 is 12.4 Å². The molecule has 0 heterocycles. The van der Waals surface area contributed by atoms with Crippen LogP contribution in [0.4, 0.5) is 0 Å². The third-order valence-corrected chi connectivity index (χ3v) is 2.65. The fraction of sp³-hybridized carbons (Fsp3) is 0.538. The molecule has 1 rings (SSSR count). The van der Waals surface area contributed by atoms with Crippen molar-refractivity contribution in [3.05, 3.63) is 35.4 Å². The third-order valence-electron chi connectivity index (χ3n) is 2.65. The number of hydrogen-bond donors (Lipinski definition) is 2. The molecule has 0 aliphatic carbocycles. The van der Waals surface area contributed by atoms with Crippen molar-refractivity contribution in [2.75, 3.05) is 0 Å². The Hall–Kier alpha value is -0.570. The van der Waals surface area contributed by atoms with E-state index >= 15 is 0 Å². The molecule has 0 fully saturated rings. The minimum absolute atomic E-state index is 0. The monoisotopic (exact) mass is 243 g/mol. The molecule has 0 amide bonds. The van der Waals surface area contributed by atoms with Gasteiger partial charge >= 0.3 is 0 Å². The second-order valence-electron chi connectivity index (χ2n) is 5.25. The zero-order valence-corrected chi connectivity index (χ0v) is 11.2. The normalized spacial score (nSPS) is 15.1. The highest BCUT2D eigenvalue weighted by Gasteiger charge is 2.28. The predicted octanol–water partition coefficient (Wildman–Crippen LogP) is 2.82. The van der Waals surface area contributed by atoms with E-state index in [1.54, 1.807) is 0 Å². The number of nitrogens with two attached hydrogens (primary N) is 1. The van der Waals surface area contributed by atoms with E-state index in [0.717, 1.165) is 5.56 Å². The van der Waals surface area contributed by atoms with Crippen LogP contribution in [-0.4, -0.2) is 11.2 Å². The summed E-state index contributed by atoms with van der Waals surface area (Å²) in [6.07, 6.45) is -0.528. The first-order valence-electron chi connectivity index (χ1n) is 5.32. The summed E-state index contributed by atoms with van der Waals surface area (Å²) in [6, 6.07) is 7.68. The summed E-state index contributed by atoms with van der Waals surface area (Å²) < 4.78 is 0. The highest BCUT2D eigenvalue weighted by molar-refractivity contribution is 5.85. The van der Waals surface area contributed by atoms with Crippen molar-refractivity contribution in [2.45, 2.75) is 39.8 Å². The molecule has 1 aromatic rings. The third kappa shape index (κ3) is 3.78. The number of aliphatic hydroxyl groups is 1. The van der Waals surface area contributed by atoms with E-state index in [4.69, 9.17) is 5.73 Å². The van der Waals surface area contributed by atoms with Gasteiger partial charge in [0.15, 0.2) is 0 Å². The Bertz CT molecular complexity index is 333. The van der Waals surface area contributed by atoms with Crippen LogP contribution >= 0.6 is 12.4 Å². The molecule has 0 aliphatic rings. The molecule has 3 N–H and O–H groups in total. The smallest absolute Gasteiger partial charge is 0.0780 e. The summed E-state index contributed by atoms with van der Waals surface area (Å²) in [5, 5.41) is 10.1. The Balaban J connectivity index is 0.00000225. The Morgan fingerprint density at radius 2 is 1.81 bits per heavy atom. The fourth-order valence-corrected chi connectivity index (χ4v) is 1.60. The van der Waals surface area contributed by atoms with Gasteiger partial charge in [0.2, 0.25) is 0 Å². The first kappa shape index (κ1) is 15.4. The quantitative estimate of drug-likeness (QED) is 0.839. The number of aryl methyl sites for hydroxylation is 1. The van der Waals surface area contributed by atoms with Gasteiger partial charge in [-0.05, 0) is 17.9 Å². The van der Waals surface area contributed by atoms with Crippen LogP contribution in [0, 0.1) is 12.3 Å². The average molecular weight is 244 g/mol. The molecule has 2 nitrogen and oxygen atoms in total. The van der Waals surface area contributed by atoms with Crippen LogP contribution in [0.5, 0.6) is 0 Å². The summed E-state index contributed by atoms with van der Waals surface area (Å²) in [7, 11) is 0. The van der Waals surface area contributed by atoms with Crippen LogP contribution in [0.15, 0.2) is 24.3 Å². The van der Waals surface area contributed by atoms with Gasteiger partial charge in [0.05, 0.1) is 12.1 Å². The van der Waals surface area contributed by atoms with Gasteiger partial charge in [-0.25, -0.2) is 0 Å². The summed E-state index contributed by atoms with van der Waals surface area (Å²) >= 11 is 0. The Morgan fingerprint density at radius 3 is 2.25 bits per heavy atom. The average Bonchev–Trinajstić information content (AvgIpc) is 2.14. The molecule has 0 unspecified atom stereocenters. The Kier molecular flexibility index (Phi) is 5.47. The van der Waals surface area contributed by atoms with Gasteiger partial charge in [0.25, 0.3) is 0 Å². The molecular weight excluding hydrogens is 222 g/mol. The van der Waals surface area contributed by atoms with Crippen molar-refractivity contribution in [3.63, 3.8) is 0 Å². The predicted molar refractivity (Wildman–Crippen MR) is 70.8 cm³/mol. The second kappa shape index (κ2) is 5.67. The molecule has 0 saturated heterocycles. The highest BCUT2D eigenvalue weighted by atomic mass is 35.5. The van der Waals surface area contributed by atoms with Gasteiger partial charge in [0, 0.05) is 0 Å². The lowest BCUT2D eigenvalue weighted by Crippen LogP contribution is -2.36. The molecular formula is C13H22ClNO. The number of hydrogen-bond acceptors (Lipinski definition) is 2. The summed E-state index contributed by atoms with van der Waals surface area (Å²) in [5.74, 6) is 0. The largest absolute Gasteiger partial charge is 0.391 e. The molecule has 0 aliphatic heterocycles. The maximum Gasteiger partial charge on any atom is 0.0780 e. The standard InChI is InChI=1S/C13H21NO.ClH/c1-9-6-5-7-10(8-9)11(14)12(15)13(2,3)4;/h5-8,11-12,15H,14H2,1-4H3;1H/t11-,12-;/m0./s1. The molecule has 0 aromatic heterocycles. The zero-order valence-electron chi connectivity index (χ0n) is 10.4. The summed E-state index contributed by atoms with van der Waals surface area (Å²) in [6.45, 7) is 8.01. The maximum absolute atomic E-state index is 10.1. The van der Waals surface area contributed by atoms with Crippen LogP contribution < -0.4 is 5.73 Å². The van der Waals surface area contributed by atoms with Crippen LogP contribution in [0.1, 0.15) is 37.9 Å². The fourth-order valence-electron chi connectivity index (χ4n) is 1.60. The molecule has 0 bridgehead atoms. The Morgan fingerprint density at radius 1 is 1.25 bits per heavy atom. The highest BCUT2D eigenvalue weighted by Crippen LogP contribution is 2.28. The van der Waals surface area contributed by atoms with Crippen molar-refractivity contribution < 1.29 is 5.11 Å². The Labute approximate surface area is 104 Å². The number of aliphatic hydroxyl groups excluding tert-OH is 1. The minimum Gasteiger partial charge on any atom is -0.391 e. The second-order valence-corrected chi connectivity index (χ2v) is 5.25. The van der Waals surface area contributed by atoms with Gasteiger partial charge in [-0.1, -0.05) is 50.6 Å². The minimum atomic E-state index is -0.528. The molecule has 92 valence electrons. The summed E-state index contributed by atoms with van der Waals surface area (Å²) in [4.78, 5) is 0. The molecule has 0 spiro atoms. The van der Waals surface area contributed by atoms with Crippen LogP contribution in [0.25, 0.3) is 0 Å². The van der Waals surface area contributed by atoms with Gasteiger partial charge in [0.1, 0.15) is 0 Å². The molecule has 3 heteroatoms. The van der Waals surface area contributed by atoms with E-state index in [2.05, 4.69) is 0 Å². The van der Waals surface area contributed by atoms with Crippen molar-refractivity contribution in [1.29, 1.82) is 0 Å². The zero-order chi connectivity index (χ0) is 11.6. The van der Waals surface area contributed by atoms with Crippen molar-refractivity contribution in [2.24, 2.45) is 11.1 Å². The van der Waals surface area contributed by atoms with E-state index in [1.807, 2.05) is 52.0 Å². The first-order valence-corrected chi connectivity index (χ1v) is 5.32. The van der Waals surface area contributed by atoms with Gasteiger partial charge in [-0.2, -0.15) is 0 Å². The lowest BCUT2D eigenvalue weighted by atomic mass is 9.82. The van der Waals surface area contributed by atoms with E-state index in [-0.39, 0.29) is 23.9 Å². The van der Waals surface area contributed by atoms with Gasteiger partial charge in [-0.3, -0.25) is 0 Å². The topological polar surface area (TPSA) is 46.2 Å². The van der Waals surface area contributed by atoms with Crippen LogP contribution in [0.2, 0.25) is 0 Å². The first-order chi connectivity index (χ1) is 6.82. The number of rotatable bonds is 2. The van der Waals surface area contributed by atoms with E-state index in [0.29, 0.717) is 0 Å². The lowest BCUT2D eigenvalue weighted by molar-refractivity contribution is 0.0401. The van der Waals surface area contributed by atoms with Crippen molar-refractivity contribution in [1.82, 2.24) is 0 Å². The molecule has 1 aromatic carbocycles. The van der Waals surface area contributed by atoms with Gasteiger partial charge in [-0.15, -0.1) is 12.4 Å².